The lowest BCUT2D eigenvalue weighted by atomic mass is 9.72. The van der Waals surface area contributed by atoms with E-state index in [1.807, 2.05) is 88.4 Å². The van der Waals surface area contributed by atoms with Gasteiger partial charge in [0.15, 0.2) is 0 Å². The Kier molecular flexibility index (Phi) is 6.02. The second kappa shape index (κ2) is 8.48. The van der Waals surface area contributed by atoms with Crippen molar-refractivity contribution < 1.29 is 9.53 Å². The van der Waals surface area contributed by atoms with Crippen LogP contribution in [0.5, 0.6) is 5.75 Å². The highest BCUT2D eigenvalue weighted by Gasteiger charge is 2.42. The van der Waals surface area contributed by atoms with Gasteiger partial charge in [-0.15, -0.1) is 0 Å². The van der Waals surface area contributed by atoms with Crippen LogP contribution in [0.4, 0.5) is 0 Å². The maximum atomic E-state index is 12.8. The molecule has 0 aliphatic rings. The monoisotopic (exact) mass is 388 g/mol. The molecule has 0 saturated carbocycles. The van der Waals surface area contributed by atoms with E-state index in [1.165, 1.54) is 0 Å². The Balaban J connectivity index is 2.09. The fourth-order valence-corrected chi connectivity index (χ4v) is 3.94. The number of benzene rings is 2. The van der Waals surface area contributed by atoms with Gasteiger partial charge >= 0.3 is 0 Å². The zero-order valence-corrected chi connectivity index (χ0v) is 17.5. The number of hydrogen-bond acceptors (Lipinski definition) is 3. The predicted octanol–water partition coefficient (Wildman–Crippen LogP) is 4.77. The fraction of sp³-hybridized carbons (Fsp3) is 0.280. The minimum Gasteiger partial charge on any atom is -0.487 e. The number of nitrogens with zero attached hydrogens (tertiary/aromatic N) is 1. The average molecular weight is 389 g/mol. The van der Waals surface area contributed by atoms with Crippen LogP contribution in [0.3, 0.4) is 0 Å². The van der Waals surface area contributed by atoms with Gasteiger partial charge in [-0.3, -0.25) is 9.78 Å². The summed E-state index contributed by atoms with van der Waals surface area (Å²) in [6.45, 7) is 8.37. The van der Waals surface area contributed by atoms with Gasteiger partial charge in [0.1, 0.15) is 17.8 Å². The number of carbonyl (C=O) groups excluding carboxylic acids is 1. The number of ether oxygens (including phenoxy) is 1. The summed E-state index contributed by atoms with van der Waals surface area (Å²) in [7, 11) is 0. The summed E-state index contributed by atoms with van der Waals surface area (Å²) in [6, 6.07) is 19.7. The molecule has 1 aromatic heterocycles. The largest absolute Gasteiger partial charge is 0.487 e. The van der Waals surface area contributed by atoms with E-state index in [1.54, 1.807) is 0 Å². The summed E-state index contributed by atoms with van der Waals surface area (Å²) < 4.78 is 6.12. The molecule has 29 heavy (non-hydrogen) atoms. The van der Waals surface area contributed by atoms with Crippen molar-refractivity contribution in [3.05, 3.63) is 94.3 Å². The predicted molar refractivity (Wildman–Crippen MR) is 116 cm³/mol. The number of amides is 1. The zero-order valence-electron chi connectivity index (χ0n) is 17.5. The van der Waals surface area contributed by atoms with Crippen LogP contribution in [0, 0.1) is 20.8 Å². The van der Waals surface area contributed by atoms with Crippen molar-refractivity contribution in [2.24, 2.45) is 5.73 Å². The van der Waals surface area contributed by atoms with Crippen LogP contribution in [-0.4, -0.2) is 10.9 Å². The van der Waals surface area contributed by atoms with Crippen LogP contribution in [0.15, 0.2) is 60.7 Å². The molecule has 1 atom stereocenters. The van der Waals surface area contributed by atoms with Crippen molar-refractivity contribution in [1.29, 1.82) is 0 Å². The molecule has 3 rings (SSSR count). The van der Waals surface area contributed by atoms with Crippen LogP contribution in [0.25, 0.3) is 0 Å². The van der Waals surface area contributed by atoms with Crippen molar-refractivity contribution in [2.75, 3.05) is 0 Å². The van der Waals surface area contributed by atoms with Crippen molar-refractivity contribution in [1.82, 2.24) is 4.98 Å². The molecule has 150 valence electrons. The number of primary amides is 1. The third-order valence-corrected chi connectivity index (χ3v) is 5.71. The third-order valence-electron chi connectivity index (χ3n) is 5.71. The Labute approximate surface area is 172 Å². The second-order valence-corrected chi connectivity index (χ2v) is 7.39. The highest BCUT2D eigenvalue weighted by Crippen LogP contribution is 2.39. The van der Waals surface area contributed by atoms with E-state index < -0.39 is 11.3 Å². The highest BCUT2D eigenvalue weighted by molar-refractivity contribution is 5.90. The minimum atomic E-state index is -0.973. The molecule has 2 aromatic carbocycles. The summed E-state index contributed by atoms with van der Waals surface area (Å²) in [6.07, 6.45) is 0.531. The number of aryl methyl sites for hydroxylation is 1. The molecular formula is C25H28N2O2. The topological polar surface area (TPSA) is 65.2 Å². The summed E-state index contributed by atoms with van der Waals surface area (Å²) in [5, 5.41) is 0. The van der Waals surface area contributed by atoms with Gasteiger partial charge in [-0.25, -0.2) is 0 Å². The van der Waals surface area contributed by atoms with Gasteiger partial charge in [0.05, 0.1) is 11.4 Å². The Morgan fingerprint density at radius 2 is 1.55 bits per heavy atom. The van der Waals surface area contributed by atoms with Gasteiger partial charge < -0.3 is 10.5 Å². The van der Waals surface area contributed by atoms with E-state index in [9.17, 15) is 4.79 Å². The Hall–Kier alpha value is -3.14. The first-order valence-electron chi connectivity index (χ1n) is 9.92. The van der Waals surface area contributed by atoms with E-state index in [-0.39, 0.29) is 0 Å². The molecule has 0 bridgehead atoms. The first-order chi connectivity index (χ1) is 13.9. The molecule has 0 radical (unpaired) electrons. The Morgan fingerprint density at radius 1 is 0.966 bits per heavy atom. The van der Waals surface area contributed by atoms with E-state index in [4.69, 9.17) is 15.5 Å². The number of nitrogens with two attached hydrogens (primary N) is 1. The SMILES string of the molecule is CCC(C(N)=O)(c1ccccc1)c1nc(C)c(OCc2ccccc2)c(C)c1C. The minimum absolute atomic E-state index is 0.390. The van der Waals surface area contributed by atoms with Gasteiger partial charge in [0, 0.05) is 0 Å². The summed E-state index contributed by atoms with van der Waals surface area (Å²) >= 11 is 0. The maximum Gasteiger partial charge on any atom is 0.234 e. The average Bonchev–Trinajstić information content (AvgIpc) is 2.73. The molecule has 0 aliphatic heterocycles. The lowest BCUT2D eigenvalue weighted by molar-refractivity contribution is -0.122. The molecule has 4 heteroatoms. The maximum absolute atomic E-state index is 12.8. The molecule has 0 saturated heterocycles. The number of pyridine rings is 1. The van der Waals surface area contributed by atoms with E-state index >= 15 is 0 Å². The van der Waals surface area contributed by atoms with Crippen LogP contribution in [-0.2, 0) is 16.8 Å². The lowest BCUT2D eigenvalue weighted by Gasteiger charge is -2.32. The Morgan fingerprint density at radius 3 is 2.10 bits per heavy atom. The summed E-state index contributed by atoms with van der Waals surface area (Å²) in [5.74, 6) is 0.371. The molecule has 1 amide bonds. The first kappa shape index (κ1) is 20.6. The standard InChI is InChI=1S/C25H28N2O2/c1-5-25(24(26)28,21-14-10-7-11-15-21)23-18(3)17(2)22(19(4)27-23)29-16-20-12-8-6-9-13-20/h6-15H,5,16H2,1-4H3,(H2,26,28). The third kappa shape index (κ3) is 3.75. The van der Waals surface area contributed by atoms with Crippen molar-refractivity contribution >= 4 is 5.91 Å². The van der Waals surface area contributed by atoms with Crippen molar-refractivity contribution in [2.45, 2.75) is 46.1 Å². The molecule has 0 fully saturated rings. The van der Waals surface area contributed by atoms with Gasteiger partial charge in [-0.05, 0) is 49.4 Å². The first-order valence-corrected chi connectivity index (χ1v) is 9.92. The van der Waals surface area contributed by atoms with E-state index in [0.717, 1.165) is 33.7 Å². The quantitative estimate of drug-likeness (QED) is 0.634. The molecule has 0 aliphatic carbocycles. The van der Waals surface area contributed by atoms with Gasteiger partial charge in [0.2, 0.25) is 5.91 Å². The fourth-order valence-electron chi connectivity index (χ4n) is 3.94. The molecular weight excluding hydrogens is 360 g/mol. The van der Waals surface area contributed by atoms with Gasteiger partial charge in [-0.2, -0.15) is 0 Å². The molecule has 1 heterocycles. The molecule has 3 aromatic rings. The van der Waals surface area contributed by atoms with Crippen LogP contribution in [0.2, 0.25) is 0 Å². The zero-order chi connectivity index (χ0) is 21.0. The van der Waals surface area contributed by atoms with Crippen molar-refractivity contribution in [3.8, 4) is 5.75 Å². The molecule has 1 unspecified atom stereocenters. The van der Waals surface area contributed by atoms with Crippen LogP contribution < -0.4 is 10.5 Å². The van der Waals surface area contributed by atoms with E-state index in [2.05, 4.69) is 0 Å². The number of hydrogen-bond donors (Lipinski definition) is 1. The molecule has 2 N–H and O–H groups in total. The lowest BCUT2D eigenvalue weighted by Crippen LogP contribution is -2.43. The number of rotatable bonds is 7. The van der Waals surface area contributed by atoms with Crippen LogP contribution in [0.1, 0.15) is 47.0 Å². The van der Waals surface area contributed by atoms with Crippen molar-refractivity contribution in [3.63, 3.8) is 0 Å². The normalized spacial score (nSPS) is 13.0. The van der Waals surface area contributed by atoms with Gasteiger partial charge in [-0.1, -0.05) is 67.6 Å². The van der Waals surface area contributed by atoms with Crippen LogP contribution >= 0.6 is 0 Å². The second-order valence-electron chi connectivity index (χ2n) is 7.39. The van der Waals surface area contributed by atoms with Gasteiger partial charge in [0.25, 0.3) is 0 Å². The number of aromatic nitrogens is 1. The number of carbonyl (C=O) groups is 1. The summed E-state index contributed by atoms with van der Waals surface area (Å²) in [4.78, 5) is 17.6. The van der Waals surface area contributed by atoms with E-state index in [0.29, 0.717) is 18.7 Å². The highest BCUT2D eigenvalue weighted by atomic mass is 16.5. The molecule has 4 nitrogen and oxygen atoms in total. The smallest absolute Gasteiger partial charge is 0.234 e. The summed E-state index contributed by atoms with van der Waals surface area (Å²) in [5.41, 5.74) is 10.3. The molecule has 0 spiro atoms. The Bertz CT molecular complexity index is 1000.